The van der Waals surface area contributed by atoms with Crippen LogP contribution in [0.2, 0.25) is 0 Å². The van der Waals surface area contributed by atoms with E-state index in [0.29, 0.717) is 6.04 Å². The van der Waals surface area contributed by atoms with Gasteiger partial charge < -0.3 is 5.32 Å². The van der Waals surface area contributed by atoms with Crippen molar-refractivity contribution < 1.29 is 4.79 Å². The summed E-state index contributed by atoms with van der Waals surface area (Å²) in [4.78, 5) is 12.7. The Morgan fingerprint density at radius 2 is 1.72 bits per heavy atom. The summed E-state index contributed by atoms with van der Waals surface area (Å²) in [6, 6.07) is 4.75. The number of thiol groups is 1. The predicted molar refractivity (Wildman–Crippen MR) is 111 cm³/mol. The lowest BCUT2D eigenvalue weighted by Gasteiger charge is -2.28. The monoisotopic (exact) mass is 362 g/mol. The van der Waals surface area contributed by atoms with Gasteiger partial charge in [0, 0.05) is 6.04 Å². The molecule has 1 aromatic carbocycles. The molecular formula is C21H34N2OS. The van der Waals surface area contributed by atoms with Crippen molar-refractivity contribution in [1.29, 1.82) is 0 Å². The Labute approximate surface area is 159 Å². The Hall–Kier alpha value is -1.16. The molecule has 1 aliphatic rings. The van der Waals surface area contributed by atoms with Crippen LogP contribution in [0.1, 0.15) is 82.4 Å². The molecule has 1 N–H and O–H groups in total. The molecule has 0 aliphatic heterocycles. The van der Waals surface area contributed by atoms with E-state index in [0.717, 1.165) is 37.8 Å². The van der Waals surface area contributed by atoms with Crippen LogP contribution in [0.4, 0.5) is 10.5 Å². The first kappa shape index (κ1) is 20.2. The van der Waals surface area contributed by atoms with Gasteiger partial charge in [0.25, 0.3) is 0 Å². The minimum atomic E-state index is -0.0825. The van der Waals surface area contributed by atoms with Crippen molar-refractivity contribution in [3.8, 4) is 0 Å². The van der Waals surface area contributed by atoms with Crippen molar-refractivity contribution in [3.63, 3.8) is 0 Å². The number of hydrogen-bond acceptors (Lipinski definition) is 2. The van der Waals surface area contributed by atoms with Gasteiger partial charge in [0.15, 0.2) is 0 Å². The van der Waals surface area contributed by atoms with E-state index < -0.39 is 0 Å². The fourth-order valence-corrected chi connectivity index (χ4v) is 4.07. The summed E-state index contributed by atoms with van der Waals surface area (Å²) in [6.07, 6.45) is 11.2. The molecule has 1 aromatic rings. The number of carbonyl (C=O) groups is 1. The smallest absolute Gasteiger partial charge is 0.332 e. The number of nitrogens with zero attached hydrogens (tertiary/aromatic N) is 1. The van der Waals surface area contributed by atoms with E-state index in [1.165, 1.54) is 48.8 Å². The van der Waals surface area contributed by atoms with Gasteiger partial charge in [-0.15, -0.1) is 0 Å². The van der Waals surface area contributed by atoms with Gasteiger partial charge in [-0.05, 0) is 55.2 Å². The molecule has 0 saturated heterocycles. The third-order valence-electron chi connectivity index (χ3n) is 5.25. The fourth-order valence-electron chi connectivity index (χ4n) is 3.75. The third-order valence-corrected chi connectivity index (χ3v) is 5.63. The quantitative estimate of drug-likeness (QED) is 0.586. The van der Waals surface area contributed by atoms with Crippen molar-refractivity contribution in [1.82, 2.24) is 5.32 Å². The van der Waals surface area contributed by atoms with E-state index in [2.05, 4.69) is 51.0 Å². The summed E-state index contributed by atoms with van der Waals surface area (Å²) in [5, 5.41) is 3.18. The lowest BCUT2D eigenvalue weighted by atomic mass is 9.95. The molecular weight excluding hydrogens is 328 g/mol. The van der Waals surface area contributed by atoms with E-state index in [1.807, 2.05) is 0 Å². The fraction of sp³-hybridized carbons (Fsp3) is 0.667. The molecule has 1 fully saturated rings. The number of hydrogen-bond donors (Lipinski definition) is 2. The summed E-state index contributed by atoms with van der Waals surface area (Å²) in [5.41, 5.74) is 4.81. The number of aryl methyl sites for hydroxylation is 3. The predicted octanol–water partition coefficient (Wildman–Crippen LogP) is 5.85. The number of carbonyl (C=O) groups excluding carboxylic acids is 1. The van der Waals surface area contributed by atoms with Gasteiger partial charge in [0.1, 0.15) is 0 Å². The highest BCUT2D eigenvalue weighted by Gasteiger charge is 2.22. The van der Waals surface area contributed by atoms with E-state index in [4.69, 9.17) is 0 Å². The average molecular weight is 363 g/mol. The highest BCUT2D eigenvalue weighted by atomic mass is 32.1. The minimum absolute atomic E-state index is 0.0825. The summed E-state index contributed by atoms with van der Waals surface area (Å²) in [6.45, 7) is 6.53. The molecule has 0 atom stereocenters. The lowest BCUT2D eigenvalue weighted by molar-refractivity contribution is 0.242. The van der Waals surface area contributed by atoms with Gasteiger partial charge in [-0.2, -0.15) is 0 Å². The Bertz CT molecular complexity index is 542. The number of rotatable bonds is 7. The number of anilines is 1. The van der Waals surface area contributed by atoms with Gasteiger partial charge in [-0.25, -0.2) is 9.10 Å². The molecule has 0 bridgehead atoms. The second-order valence-corrected chi connectivity index (χ2v) is 7.57. The maximum absolute atomic E-state index is 12.7. The maximum Gasteiger partial charge on any atom is 0.332 e. The minimum Gasteiger partial charge on any atom is -0.334 e. The molecule has 0 spiro atoms. The lowest BCUT2D eigenvalue weighted by Crippen LogP contribution is -2.42. The molecule has 3 nitrogen and oxygen atoms in total. The van der Waals surface area contributed by atoms with Crippen LogP contribution in [0, 0.1) is 0 Å². The second-order valence-electron chi connectivity index (χ2n) is 7.17. The second kappa shape index (κ2) is 10.1. The molecule has 0 aromatic heterocycles. The van der Waals surface area contributed by atoms with Gasteiger partial charge in [0.2, 0.25) is 0 Å². The summed E-state index contributed by atoms with van der Waals surface area (Å²) >= 11 is 4.59. The molecule has 1 aliphatic carbocycles. The summed E-state index contributed by atoms with van der Waals surface area (Å²) < 4.78 is 1.55. The third kappa shape index (κ3) is 5.40. The number of urea groups is 1. The van der Waals surface area contributed by atoms with Crippen molar-refractivity contribution in [2.24, 2.45) is 0 Å². The molecule has 0 unspecified atom stereocenters. The van der Waals surface area contributed by atoms with E-state index in [1.54, 1.807) is 4.31 Å². The van der Waals surface area contributed by atoms with Crippen molar-refractivity contribution >= 4 is 24.5 Å². The van der Waals surface area contributed by atoms with Gasteiger partial charge in [-0.3, -0.25) is 0 Å². The molecule has 2 rings (SSSR count). The first-order valence-corrected chi connectivity index (χ1v) is 10.4. The first-order valence-electron chi connectivity index (χ1n) is 10.0. The molecule has 2 amide bonds. The number of benzene rings is 1. The van der Waals surface area contributed by atoms with Crippen LogP contribution in [0.15, 0.2) is 12.1 Å². The summed E-state index contributed by atoms with van der Waals surface area (Å²) in [5.74, 6) is 0. The van der Waals surface area contributed by atoms with Crippen LogP contribution in [0.3, 0.4) is 0 Å². The molecule has 0 heterocycles. The Kier molecular flexibility index (Phi) is 8.14. The van der Waals surface area contributed by atoms with Gasteiger partial charge in [-0.1, -0.05) is 71.4 Å². The van der Waals surface area contributed by atoms with Crippen LogP contribution < -0.4 is 9.62 Å². The average Bonchev–Trinajstić information content (AvgIpc) is 2.65. The standard InChI is InChI=1S/C21H34N2OS/c1-4-7-11-16-14-17(5-2)20(18(6-3)15-16)23(25)21(24)22-19-12-9-8-10-13-19/h14-15,19,25H,4-13H2,1-3H3,(H,22,24). The van der Waals surface area contributed by atoms with Crippen molar-refractivity contribution in [3.05, 3.63) is 28.8 Å². The highest BCUT2D eigenvalue weighted by molar-refractivity contribution is 7.82. The number of amides is 2. The molecule has 4 heteroatoms. The van der Waals surface area contributed by atoms with Crippen LogP contribution in [-0.4, -0.2) is 12.1 Å². The zero-order chi connectivity index (χ0) is 18.2. The topological polar surface area (TPSA) is 32.3 Å². The Morgan fingerprint density at radius 3 is 2.24 bits per heavy atom. The van der Waals surface area contributed by atoms with Crippen molar-refractivity contribution in [2.45, 2.75) is 91.0 Å². The van der Waals surface area contributed by atoms with Crippen LogP contribution in [0.25, 0.3) is 0 Å². The molecule has 140 valence electrons. The highest BCUT2D eigenvalue weighted by Crippen LogP contribution is 2.31. The van der Waals surface area contributed by atoms with Crippen LogP contribution in [-0.2, 0) is 19.3 Å². The van der Waals surface area contributed by atoms with E-state index >= 15 is 0 Å². The van der Waals surface area contributed by atoms with Crippen LogP contribution >= 0.6 is 12.8 Å². The Balaban J connectivity index is 2.20. The van der Waals surface area contributed by atoms with Gasteiger partial charge >= 0.3 is 6.03 Å². The molecule has 0 radical (unpaired) electrons. The number of nitrogens with one attached hydrogen (secondary N) is 1. The largest absolute Gasteiger partial charge is 0.334 e. The van der Waals surface area contributed by atoms with E-state index in [-0.39, 0.29) is 6.03 Å². The molecule has 25 heavy (non-hydrogen) atoms. The van der Waals surface area contributed by atoms with Crippen LogP contribution in [0.5, 0.6) is 0 Å². The van der Waals surface area contributed by atoms with Gasteiger partial charge in [0.05, 0.1) is 5.69 Å². The van der Waals surface area contributed by atoms with Crippen molar-refractivity contribution in [2.75, 3.05) is 4.31 Å². The first-order chi connectivity index (χ1) is 12.1. The summed E-state index contributed by atoms with van der Waals surface area (Å²) in [7, 11) is 0. The maximum atomic E-state index is 12.7. The van der Waals surface area contributed by atoms with E-state index in [9.17, 15) is 4.79 Å². The Morgan fingerprint density at radius 1 is 1.12 bits per heavy atom. The SMILES string of the molecule is CCCCc1cc(CC)c(N(S)C(=O)NC2CCCCC2)c(CC)c1. The zero-order valence-electron chi connectivity index (χ0n) is 16.1. The molecule has 1 saturated carbocycles. The normalized spacial score (nSPS) is 15.2. The number of unbranched alkanes of at least 4 members (excludes halogenated alkanes) is 1. The zero-order valence-corrected chi connectivity index (χ0v) is 17.0.